The van der Waals surface area contributed by atoms with Gasteiger partial charge in [0.05, 0.1) is 6.04 Å². The highest BCUT2D eigenvalue weighted by molar-refractivity contribution is 5.99. The minimum atomic E-state index is -0.314. The second-order valence-electron chi connectivity index (χ2n) is 4.60. The number of nitrogens with one attached hydrogen (secondary N) is 1. The summed E-state index contributed by atoms with van der Waals surface area (Å²) in [6.45, 7) is 20.7. The summed E-state index contributed by atoms with van der Waals surface area (Å²) >= 11 is 0. The van der Waals surface area contributed by atoms with Gasteiger partial charge in [-0.25, -0.2) is 0 Å². The van der Waals surface area contributed by atoms with Crippen molar-refractivity contribution in [2.45, 2.75) is 74.8 Å². The second-order valence-corrected chi connectivity index (χ2v) is 4.60. The van der Waals surface area contributed by atoms with Crippen LogP contribution in [0.4, 0.5) is 0 Å². The van der Waals surface area contributed by atoms with Gasteiger partial charge in [0.1, 0.15) is 0 Å². The Balaban J connectivity index is -0.000000399. The van der Waals surface area contributed by atoms with E-state index in [1.54, 1.807) is 13.0 Å². The first-order valence-corrected chi connectivity index (χ1v) is 7.93. The molecule has 0 aromatic carbocycles. The first kappa shape index (κ1) is 24.6. The molecule has 0 saturated heterocycles. The van der Waals surface area contributed by atoms with Crippen molar-refractivity contribution in [3.05, 3.63) is 23.8 Å². The fourth-order valence-electron chi connectivity index (χ4n) is 1.54. The van der Waals surface area contributed by atoms with E-state index in [1.807, 2.05) is 55.4 Å². The van der Waals surface area contributed by atoms with Crippen LogP contribution in [0.2, 0.25) is 0 Å². The summed E-state index contributed by atoms with van der Waals surface area (Å²) in [4.78, 5) is 23.1. The van der Waals surface area contributed by atoms with Crippen molar-refractivity contribution in [2.24, 2.45) is 5.92 Å². The average molecular weight is 297 g/mol. The van der Waals surface area contributed by atoms with E-state index < -0.39 is 0 Å². The Kier molecular flexibility index (Phi) is 17.6. The quantitative estimate of drug-likeness (QED) is 0.752. The Bertz CT molecular complexity index is 341. The summed E-state index contributed by atoms with van der Waals surface area (Å²) in [6, 6.07) is -0.314. The molecule has 1 aliphatic heterocycles. The molecule has 3 heteroatoms. The number of ketones is 1. The number of amides is 1. The van der Waals surface area contributed by atoms with E-state index >= 15 is 0 Å². The largest absolute Gasteiger partial charge is 0.342 e. The fourth-order valence-corrected chi connectivity index (χ4v) is 1.54. The van der Waals surface area contributed by atoms with Crippen molar-refractivity contribution < 1.29 is 9.59 Å². The van der Waals surface area contributed by atoms with Gasteiger partial charge < -0.3 is 5.32 Å². The van der Waals surface area contributed by atoms with Crippen LogP contribution in [0, 0.1) is 5.92 Å². The lowest BCUT2D eigenvalue weighted by Crippen LogP contribution is -2.46. The van der Waals surface area contributed by atoms with Crippen LogP contribution < -0.4 is 5.32 Å². The molecule has 21 heavy (non-hydrogen) atoms. The standard InChI is InChI=1S/C11H17NO2.C3H6.2C2H6/c1-6(2)10(13)9-5-7(3)8(4)11(14)12-9;1-3-2;2*1-2/h6,9H,5H2,1-4H3,(H,12,14);3H,1H2,2H3;2*1-2H3. The molecule has 1 aliphatic rings. The lowest BCUT2D eigenvalue weighted by Gasteiger charge is -2.25. The lowest BCUT2D eigenvalue weighted by atomic mass is 9.91. The van der Waals surface area contributed by atoms with E-state index in [1.165, 1.54) is 0 Å². The van der Waals surface area contributed by atoms with Crippen LogP contribution >= 0.6 is 0 Å². The highest BCUT2D eigenvalue weighted by Gasteiger charge is 2.28. The van der Waals surface area contributed by atoms with Gasteiger partial charge in [-0.15, -0.1) is 6.58 Å². The summed E-state index contributed by atoms with van der Waals surface area (Å²) in [5, 5.41) is 2.73. The minimum absolute atomic E-state index is 0.0218. The van der Waals surface area contributed by atoms with Crippen LogP contribution in [-0.4, -0.2) is 17.7 Å². The Morgan fingerprint density at radius 2 is 1.62 bits per heavy atom. The predicted octanol–water partition coefficient (Wildman–Crippen LogP) is 4.68. The Hall–Kier alpha value is -1.38. The van der Waals surface area contributed by atoms with Gasteiger partial charge in [-0.1, -0.05) is 53.2 Å². The summed E-state index contributed by atoms with van der Waals surface area (Å²) in [7, 11) is 0. The first-order valence-electron chi connectivity index (χ1n) is 7.93. The third-order valence-corrected chi connectivity index (χ3v) is 2.71. The zero-order valence-corrected chi connectivity index (χ0v) is 15.5. The molecule has 1 rings (SSSR count). The Labute approximate surface area is 131 Å². The molecule has 3 nitrogen and oxygen atoms in total. The molecule has 0 bridgehead atoms. The molecule has 0 radical (unpaired) electrons. The van der Waals surface area contributed by atoms with Crippen LogP contribution in [0.3, 0.4) is 0 Å². The van der Waals surface area contributed by atoms with Gasteiger partial charge in [0.2, 0.25) is 5.91 Å². The van der Waals surface area contributed by atoms with E-state index in [-0.39, 0.29) is 23.7 Å². The smallest absolute Gasteiger partial charge is 0.247 e. The van der Waals surface area contributed by atoms with E-state index in [0.29, 0.717) is 6.42 Å². The first-order chi connectivity index (χ1) is 9.84. The number of hydrogen-bond acceptors (Lipinski definition) is 2. The van der Waals surface area contributed by atoms with Gasteiger partial charge >= 0.3 is 0 Å². The Morgan fingerprint density at radius 1 is 1.24 bits per heavy atom. The maximum absolute atomic E-state index is 11.7. The molecule has 1 N–H and O–H groups in total. The van der Waals surface area contributed by atoms with E-state index in [9.17, 15) is 9.59 Å². The number of hydrogen-bond donors (Lipinski definition) is 1. The minimum Gasteiger partial charge on any atom is -0.342 e. The van der Waals surface area contributed by atoms with Crippen molar-refractivity contribution in [3.63, 3.8) is 0 Å². The maximum Gasteiger partial charge on any atom is 0.247 e. The van der Waals surface area contributed by atoms with Gasteiger partial charge in [0, 0.05) is 11.5 Å². The molecule has 1 heterocycles. The molecule has 124 valence electrons. The van der Waals surface area contributed by atoms with Crippen LogP contribution in [0.25, 0.3) is 0 Å². The van der Waals surface area contributed by atoms with Crippen molar-refractivity contribution in [1.29, 1.82) is 0 Å². The highest BCUT2D eigenvalue weighted by Crippen LogP contribution is 2.18. The van der Waals surface area contributed by atoms with Crippen LogP contribution in [0.1, 0.15) is 68.7 Å². The summed E-state index contributed by atoms with van der Waals surface area (Å²) in [5.74, 6) is -0.00976. The zero-order valence-electron chi connectivity index (χ0n) is 15.5. The average Bonchev–Trinajstić information content (AvgIpc) is 2.48. The maximum atomic E-state index is 11.7. The number of rotatable bonds is 2. The topological polar surface area (TPSA) is 46.2 Å². The SMILES string of the molecule is C=CC.CC.CC.CC1=C(C)C(=O)NC(C(=O)C(C)C)C1. The molecular formula is C18H35NO2. The number of Topliss-reactive ketones (excluding diaryl/α,β-unsaturated/α-hetero) is 1. The van der Waals surface area contributed by atoms with Crippen LogP contribution in [-0.2, 0) is 9.59 Å². The normalized spacial score (nSPS) is 16.3. The third kappa shape index (κ3) is 10.1. The van der Waals surface area contributed by atoms with Crippen molar-refractivity contribution in [1.82, 2.24) is 5.32 Å². The molecule has 0 aromatic rings. The van der Waals surface area contributed by atoms with Crippen LogP contribution in [0.15, 0.2) is 23.8 Å². The number of carbonyl (C=O) groups excluding carboxylic acids is 2. The number of carbonyl (C=O) groups is 2. The molecule has 1 atom stereocenters. The zero-order chi connectivity index (χ0) is 17.6. The summed E-state index contributed by atoms with van der Waals surface area (Å²) in [6.07, 6.45) is 2.41. The molecule has 0 saturated carbocycles. The van der Waals surface area contributed by atoms with Gasteiger partial charge in [0.25, 0.3) is 0 Å². The molecule has 0 fully saturated rings. The van der Waals surface area contributed by atoms with Crippen molar-refractivity contribution >= 4 is 11.7 Å². The van der Waals surface area contributed by atoms with Gasteiger partial charge in [-0.2, -0.15) is 0 Å². The number of allylic oxidation sites excluding steroid dienone is 1. The highest BCUT2D eigenvalue weighted by atomic mass is 16.2. The van der Waals surface area contributed by atoms with Crippen LogP contribution in [0.5, 0.6) is 0 Å². The van der Waals surface area contributed by atoms with E-state index in [0.717, 1.165) is 11.1 Å². The lowest BCUT2D eigenvalue weighted by molar-refractivity contribution is -0.128. The molecule has 1 amide bonds. The molecule has 1 unspecified atom stereocenters. The molecule has 0 aromatic heterocycles. The van der Waals surface area contributed by atoms with E-state index in [4.69, 9.17) is 0 Å². The summed E-state index contributed by atoms with van der Waals surface area (Å²) < 4.78 is 0. The van der Waals surface area contributed by atoms with Crippen molar-refractivity contribution in [3.8, 4) is 0 Å². The van der Waals surface area contributed by atoms with Gasteiger partial charge in [0.15, 0.2) is 5.78 Å². The van der Waals surface area contributed by atoms with Gasteiger partial charge in [-0.05, 0) is 27.2 Å². The monoisotopic (exact) mass is 297 g/mol. The third-order valence-electron chi connectivity index (χ3n) is 2.71. The second kappa shape index (κ2) is 15.0. The van der Waals surface area contributed by atoms with Crippen molar-refractivity contribution in [2.75, 3.05) is 0 Å². The predicted molar refractivity (Wildman–Crippen MR) is 93.3 cm³/mol. The van der Waals surface area contributed by atoms with Gasteiger partial charge in [-0.3, -0.25) is 9.59 Å². The molecule has 0 spiro atoms. The molecular weight excluding hydrogens is 262 g/mol. The summed E-state index contributed by atoms with van der Waals surface area (Å²) in [5.41, 5.74) is 1.77. The van der Waals surface area contributed by atoms with E-state index in [2.05, 4.69) is 11.9 Å². The molecule has 0 aliphatic carbocycles. The fraction of sp³-hybridized carbons (Fsp3) is 0.667. The Morgan fingerprint density at radius 3 is 1.90 bits per heavy atom.